The Balaban J connectivity index is 1.81. The van der Waals surface area contributed by atoms with Gasteiger partial charge in [0.2, 0.25) is 0 Å². The van der Waals surface area contributed by atoms with Crippen molar-refractivity contribution in [1.29, 1.82) is 0 Å². The Hall–Kier alpha value is -2.93. The smallest absolute Gasteiger partial charge is 0.342 e. The second-order valence-corrected chi connectivity index (χ2v) is 7.58. The topological polar surface area (TPSA) is 69.5 Å². The Morgan fingerprint density at radius 2 is 2.14 bits per heavy atom. The number of carbonyl (C=O) groups is 1. The average molecular weight is 394 g/mol. The Kier molecular flexibility index (Phi) is 5.00. The zero-order valence-corrected chi connectivity index (χ0v) is 17.3. The van der Waals surface area contributed by atoms with Gasteiger partial charge in [0.15, 0.2) is 0 Å². The molecule has 0 radical (unpaired) electrons. The highest BCUT2D eigenvalue weighted by molar-refractivity contribution is 6.02. The molecule has 1 atom stereocenters. The average Bonchev–Trinajstić information content (AvgIpc) is 3.15. The van der Waals surface area contributed by atoms with Crippen molar-refractivity contribution in [1.82, 2.24) is 14.8 Å². The maximum absolute atomic E-state index is 12.9. The van der Waals surface area contributed by atoms with E-state index in [0.717, 1.165) is 22.0 Å². The van der Waals surface area contributed by atoms with Gasteiger partial charge in [-0.25, -0.2) is 9.78 Å². The third-order valence-electron chi connectivity index (χ3n) is 5.50. The predicted molar refractivity (Wildman–Crippen MR) is 111 cm³/mol. The minimum absolute atomic E-state index is 0.320. The number of carbonyl (C=O) groups excluding carboxylic acids is 1. The first-order chi connectivity index (χ1) is 13.9. The highest BCUT2D eigenvalue weighted by Gasteiger charge is 2.37. The lowest BCUT2D eigenvalue weighted by molar-refractivity contribution is -0.0469. The van der Waals surface area contributed by atoms with Crippen molar-refractivity contribution in [2.75, 3.05) is 31.2 Å². The molecular formula is C22H26N4O3. The fourth-order valence-corrected chi connectivity index (χ4v) is 3.96. The number of aryl methyl sites for hydroxylation is 2. The molecule has 3 aromatic rings. The number of para-hydroxylation sites is 1. The summed E-state index contributed by atoms with van der Waals surface area (Å²) in [5.41, 5.74) is 2.74. The first kappa shape index (κ1) is 19.4. The van der Waals surface area contributed by atoms with Crippen LogP contribution in [-0.4, -0.2) is 47.0 Å². The minimum Gasteiger partial charge on any atom is -0.462 e. The quantitative estimate of drug-likeness (QED) is 0.633. The molecule has 7 heteroatoms. The summed E-state index contributed by atoms with van der Waals surface area (Å²) in [6.45, 7) is 7.88. The summed E-state index contributed by atoms with van der Waals surface area (Å²) in [7, 11) is 1.89. The molecule has 152 valence electrons. The standard InChI is InChI=1S/C22H26N4O3/c1-5-28-21(27)19-15(2)17-8-6-7-9-18(17)24-20(19)26-10-11-29-22(3,14-26)16-12-23-25(4)13-16/h6-9,12-13H,5,10-11,14H2,1-4H3. The van der Waals surface area contributed by atoms with Crippen LogP contribution in [0.5, 0.6) is 0 Å². The monoisotopic (exact) mass is 394 g/mol. The first-order valence-electron chi connectivity index (χ1n) is 9.87. The van der Waals surface area contributed by atoms with Gasteiger partial charge in [-0.2, -0.15) is 5.10 Å². The molecule has 0 N–H and O–H groups in total. The molecule has 4 rings (SSSR count). The summed E-state index contributed by atoms with van der Waals surface area (Å²) in [6, 6.07) is 7.88. The third kappa shape index (κ3) is 3.46. The fourth-order valence-electron chi connectivity index (χ4n) is 3.96. The highest BCUT2D eigenvalue weighted by Crippen LogP contribution is 2.35. The second-order valence-electron chi connectivity index (χ2n) is 7.58. The van der Waals surface area contributed by atoms with E-state index >= 15 is 0 Å². The van der Waals surface area contributed by atoms with E-state index in [1.807, 2.05) is 64.5 Å². The van der Waals surface area contributed by atoms with Gasteiger partial charge < -0.3 is 14.4 Å². The summed E-state index contributed by atoms with van der Waals surface area (Å²) < 4.78 is 13.3. The van der Waals surface area contributed by atoms with Crippen molar-refractivity contribution in [2.24, 2.45) is 7.05 Å². The van der Waals surface area contributed by atoms with E-state index in [9.17, 15) is 4.79 Å². The molecule has 1 fully saturated rings. The van der Waals surface area contributed by atoms with Crippen LogP contribution >= 0.6 is 0 Å². The van der Waals surface area contributed by atoms with Gasteiger partial charge in [-0.15, -0.1) is 0 Å². The van der Waals surface area contributed by atoms with Crippen molar-refractivity contribution in [3.63, 3.8) is 0 Å². The van der Waals surface area contributed by atoms with Gasteiger partial charge in [0.1, 0.15) is 17.0 Å². The summed E-state index contributed by atoms with van der Waals surface area (Å²) in [5.74, 6) is 0.311. The number of aromatic nitrogens is 3. The van der Waals surface area contributed by atoms with E-state index in [1.54, 1.807) is 4.68 Å². The molecule has 3 heterocycles. The molecule has 1 saturated heterocycles. The van der Waals surface area contributed by atoms with Crippen LogP contribution in [0.15, 0.2) is 36.7 Å². The zero-order chi connectivity index (χ0) is 20.6. The van der Waals surface area contributed by atoms with Crippen LogP contribution < -0.4 is 4.90 Å². The summed E-state index contributed by atoms with van der Waals surface area (Å²) in [4.78, 5) is 19.9. The fraction of sp³-hybridized carbons (Fsp3) is 0.409. The van der Waals surface area contributed by atoms with E-state index in [1.165, 1.54) is 0 Å². The van der Waals surface area contributed by atoms with E-state index in [4.69, 9.17) is 14.5 Å². The highest BCUT2D eigenvalue weighted by atomic mass is 16.5. The minimum atomic E-state index is -0.542. The Morgan fingerprint density at radius 3 is 2.86 bits per heavy atom. The van der Waals surface area contributed by atoms with E-state index in [0.29, 0.717) is 37.7 Å². The molecule has 7 nitrogen and oxygen atoms in total. The Morgan fingerprint density at radius 1 is 1.34 bits per heavy atom. The van der Waals surface area contributed by atoms with Crippen molar-refractivity contribution in [3.05, 3.63) is 53.3 Å². The van der Waals surface area contributed by atoms with Gasteiger partial charge in [-0.3, -0.25) is 4.68 Å². The van der Waals surface area contributed by atoms with Crippen molar-refractivity contribution in [2.45, 2.75) is 26.4 Å². The largest absolute Gasteiger partial charge is 0.462 e. The number of hydrogen-bond donors (Lipinski definition) is 0. The Labute approximate surface area is 170 Å². The van der Waals surface area contributed by atoms with E-state index in [2.05, 4.69) is 10.00 Å². The van der Waals surface area contributed by atoms with Crippen LogP contribution in [0, 0.1) is 6.92 Å². The van der Waals surface area contributed by atoms with Gasteiger partial charge >= 0.3 is 5.97 Å². The number of hydrogen-bond acceptors (Lipinski definition) is 6. The van der Waals surface area contributed by atoms with Gasteiger partial charge in [-0.05, 0) is 32.4 Å². The first-order valence-corrected chi connectivity index (χ1v) is 9.87. The molecule has 1 aliphatic heterocycles. The summed E-state index contributed by atoms with van der Waals surface area (Å²) >= 11 is 0. The van der Waals surface area contributed by atoms with Crippen LogP contribution in [-0.2, 0) is 22.1 Å². The van der Waals surface area contributed by atoms with Crippen LogP contribution in [0.1, 0.15) is 35.3 Å². The number of benzene rings is 1. The molecule has 0 saturated carbocycles. The third-order valence-corrected chi connectivity index (χ3v) is 5.50. The maximum Gasteiger partial charge on any atom is 0.342 e. The lowest BCUT2D eigenvalue weighted by Gasteiger charge is -2.41. The molecule has 1 aromatic carbocycles. The number of rotatable bonds is 4. The molecule has 2 aromatic heterocycles. The summed E-state index contributed by atoms with van der Waals surface area (Å²) in [6.07, 6.45) is 3.80. The van der Waals surface area contributed by atoms with Gasteiger partial charge in [0.05, 0.1) is 31.5 Å². The van der Waals surface area contributed by atoms with Crippen LogP contribution in [0.2, 0.25) is 0 Å². The van der Waals surface area contributed by atoms with Crippen LogP contribution in [0.4, 0.5) is 5.82 Å². The number of pyridine rings is 1. The lowest BCUT2D eigenvalue weighted by atomic mass is 9.96. The number of nitrogens with zero attached hydrogens (tertiary/aromatic N) is 4. The van der Waals surface area contributed by atoms with E-state index in [-0.39, 0.29) is 5.97 Å². The molecule has 29 heavy (non-hydrogen) atoms. The number of fused-ring (bicyclic) bond motifs is 1. The molecule has 0 aliphatic carbocycles. The predicted octanol–water partition coefficient (Wildman–Crippen LogP) is 3.21. The van der Waals surface area contributed by atoms with Crippen LogP contribution in [0.3, 0.4) is 0 Å². The number of anilines is 1. The number of ether oxygens (including phenoxy) is 2. The Bertz CT molecular complexity index is 1060. The molecule has 0 bridgehead atoms. The van der Waals surface area contributed by atoms with Crippen molar-refractivity contribution >= 4 is 22.7 Å². The normalized spacial score (nSPS) is 19.5. The van der Waals surface area contributed by atoms with Gasteiger partial charge in [0.25, 0.3) is 0 Å². The second kappa shape index (κ2) is 7.48. The van der Waals surface area contributed by atoms with E-state index < -0.39 is 5.60 Å². The van der Waals surface area contributed by atoms with Gasteiger partial charge in [-0.1, -0.05) is 18.2 Å². The molecule has 1 aliphatic rings. The zero-order valence-electron chi connectivity index (χ0n) is 17.3. The SMILES string of the molecule is CCOC(=O)c1c(N2CCOC(C)(c3cnn(C)c3)C2)nc2ccccc2c1C. The molecule has 0 spiro atoms. The maximum atomic E-state index is 12.9. The van der Waals surface area contributed by atoms with Crippen molar-refractivity contribution in [3.8, 4) is 0 Å². The van der Waals surface area contributed by atoms with Crippen LogP contribution in [0.25, 0.3) is 10.9 Å². The van der Waals surface area contributed by atoms with Gasteiger partial charge in [0, 0.05) is 30.7 Å². The summed E-state index contributed by atoms with van der Waals surface area (Å²) in [5, 5.41) is 5.25. The molecule has 1 unspecified atom stereocenters. The molecular weight excluding hydrogens is 368 g/mol. The lowest BCUT2D eigenvalue weighted by Crippen LogP contribution is -2.49. The van der Waals surface area contributed by atoms with Crippen molar-refractivity contribution < 1.29 is 14.3 Å². The number of esters is 1. The molecule has 0 amide bonds. The number of morpholine rings is 1.